The molecule has 15 heteroatoms. The van der Waals surface area contributed by atoms with Crippen LogP contribution in [0.1, 0.15) is 101 Å². The lowest BCUT2D eigenvalue weighted by Gasteiger charge is -2.42. The summed E-state index contributed by atoms with van der Waals surface area (Å²) in [4.78, 5) is 56.8. The smallest absolute Gasteiger partial charge is 0.226 e. The van der Waals surface area contributed by atoms with E-state index in [1.54, 1.807) is 6.92 Å². The summed E-state index contributed by atoms with van der Waals surface area (Å²) in [6, 6.07) is 24.8. The first-order valence-corrected chi connectivity index (χ1v) is 21.8. The van der Waals surface area contributed by atoms with Gasteiger partial charge in [0.1, 0.15) is 29.5 Å². The zero-order chi connectivity index (χ0) is 45.9. The molecule has 4 aliphatic rings. The Kier molecular flexibility index (Phi) is 14.3. The third-order valence-electron chi connectivity index (χ3n) is 12.9. The number of ether oxygens (including phenoxy) is 3. The fraction of sp³-hybridized carbons (Fsp3) is 0.429. The predicted molar refractivity (Wildman–Crippen MR) is 236 cm³/mol. The van der Waals surface area contributed by atoms with Gasteiger partial charge in [0.2, 0.25) is 11.7 Å². The molecule has 0 aromatic heterocycles. The molecule has 6 atom stereocenters. The van der Waals surface area contributed by atoms with Crippen molar-refractivity contribution in [3.05, 3.63) is 118 Å². The average molecular weight is 880 g/mol. The quantitative estimate of drug-likeness (QED) is 0.103. The molecule has 2 aliphatic carbocycles. The summed E-state index contributed by atoms with van der Waals surface area (Å²) in [5.41, 5.74) is 4.81. The number of fused-ring (bicyclic) bond motifs is 3. The van der Waals surface area contributed by atoms with Gasteiger partial charge in [-0.15, -0.1) is 0 Å². The van der Waals surface area contributed by atoms with Crippen LogP contribution in [0.3, 0.4) is 0 Å². The van der Waals surface area contributed by atoms with Crippen molar-refractivity contribution in [2.45, 2.75) is 101 Å². The molecule has 2 saturated heterocycles. The summed E-state index contributed by atoms with van der Waals surface area (Å²) >= 11 is 0. The van der Waals surface area contributed by atoms with E-state index in [1.807, 2.05) is 30.0 Å². The molecule has 15 nitrogen and oxygen atoms in total. The molecule has 0 saturated carbocycles. The maximum Gasteiger partial charge on any atom is 0.226 e. The number of aliphatic hydroxyl groups is 3. The Morgan fingerprint density at radius 3 is 2.20 bits per heavy atom. The SMILES string of the molecule is CCC(=O)N(c1ccccc1)C1CCN(CCc2ccccc2)CC1.COc1cccc2c1C(=O)c1c(O)c3c(c(O)c1C2=O)C[C@@](O)(C(=O)CO)C[C@@H]3O[C@H]1C[C@H](N)[C@H](O)[C@H](C)O1. The van der Waals surface area contributed by atoms with Crippen LogP contribution in [0, 0.1) is 0 Å². The third kappa shape index (κ3) is 9.20. The number of hydrogen-bond donors (Lipinski definition) is 6. The fourth-order valence-corrected chi connectivity index (χ4v) is 9.40. The molecule has 0 bridgehead atoms. The van der Waals surface area contributed by atoms with Gasteiger partial charge < -0.3 is 55.3 Å². The number of para-hydroxylation sites is 1. The number of rotatable bonds is 11. The number of phenolic OH excluding ortho intramolecular Hbond substituents is 2. The number of carbonyl (C=O) groups is 4. The summed E-state index contributed by atoms with van der Waals surface area (Å²) < 4.78 is 17.0. The minimum atomic E-state index is -2.24. The van der Waals surface area contributed by atoms with Crippen LogP contribution < -0.4 is 15.4 Å². The van der Waals surface area contributed by atoms with Crippen LogP contribution in [0.5, 0.6) is 17.2 Å². The Balaban J connectivity index is 0.000000211. The van der Waals surface area contributed by atoms with Gasteiger partial charge in [0.25, 0.3) is 0 Å². The number of aliphatic hydroxyl groups excluding tert-OH is 2. The summed E-state index contributed by atoms with van der Waals surface area (Å²) in [5.74, 6) is -3.54. The average Bonchev–Trinajstić information content (AvgIpc) is 3.31. The molecule has 4 aromatic rings. The van der Waals surface area contributed by atoms with Crippen molar-refractivity contribution < 1.29 is 58.9 Å². The topological polar surface area (TPSA) is 230 Å². The number of aromatic hydroxyl groups is 2. The van der Waals surface area contributed by atoms with Crippen molar-refractivity contribution in [1.82, 2.24) is 4.90 Å². The molecule has 2 heterocycles. The van der Waals surface area contributed by atoms with Gasteiger partial charge in [-0.3, -0.25) is 19.2 Å². The Hall–Kier alpha value is -5.52. The standard InChI is InChI=1S/C27H29NO11.C22H28N2O/c1-10-22(31)13(28)6-17(38-10)39-15-8-27(36,16(30)9-29)7-12-19(15)26(35)21-20(24(12)33)23(32)11-4-3-5-14(37-2)18(11)25(21)34;1-2-22(25)24(20-11-7-4-8-12-20)21-14-17-23(18-15-21)16-13-19-9-5-3-6-10-19/h3-5,10,13,15,17,22,29,31,33,35-36H,6-9,28H2,1-2H3;3-12,21H,2,13-18H2,1H3/t10-,13-,15-,17-,22+,27-;/m0./s1. The van der Waals surface area contributed by atoms with Crippen molar-refractivity contribution in [1.29, 1.82) is 0 Å². The van der Waals surface area contributed by atoms with Crippen molar-refractivity contribution in [3.8, 4) is 17.2 Å². The number of nitrogens with two attached hydrogens (primary N) is 1. The summed E-state index contributed by atoms with van der Waals surface area (Å²) in [5, 5.41) is 53.7. The van der Waals surface area contributed by atoms with Crippen LogP contribution >= 0.6 is 0 Å². The molecule has 340 valence electrons. The third-order valence-corrected chi connectivity index (χ3v) is 12.9. The molecule has 64 heavy (non-hydrogen) atoms. The number of piperidine rings is 1. The number of Topliss-reactive ketones (excluding diaryl/α,β-unsaturated/α-hetero) is 1. The van der Waals surface area contributed by atoms with E-state index < -0.39 is 95.7 Å². The van der Waals surface area contributed by atoms with E-state index in [0.717, 1.165) is 44.6 Å². The van der Waals surface area contributed by atoms with Gasteiger partial charge in [0, 0.05) is 79.8 Å². The maximum atomic E-state index is 13.6. The highest BCUT2D eigenvalue weighted by atomic mass is 16.7. The molecule has 0 radical (unpaired) electrons. The number of amides is 1. The number of carbonyl (C=O) groups excluding carboxylic acids is 4. The van der Waals surface area contributed by atoms with Crippen LogP contribution in [-0.4, -0.2) is 123 Å². The number of likely N-dealkylation sites (tertiary alicyclic amines) is 1. The van der Waals surface area contributed by atoms with Crippen molar-refractivity contribution in [3.63, 3.8) is 0 Å². The number of anilines is 1. The van der Waals surface area contributed by atoms with Gasteiger partial charge in [0.15, 0.2) is 17.9 Å². The van der Waals surface area contributed by atoms with E-state index in [-0.39, 0.29) is 40.3 Å². The molecule has 7 N–H and O–H groups in total. The number of methoxy groups -OCH3 is 1. The van der Waals surface area contributed by atoms with E-state index in [4.69, 9.17) is 19.9 Å². The van der Waals surface area contributed by atoms with Crippen LogP contribution in [0.15, 0.2) is 78.9 Å². The van der Waals surface area contributed by atoms with Gasteiger partial charge >= 0.3 is 0 Å². The van der Waals surface area contributed by atoms with Crippen molar-refractivity contribution >= 4 is 28.9 Å². The van der Waals surface area contributed by atoms with Gasteiger partial charge in [-0.25, -0.2) is 0 Å². The first kappa shape index (κ1) is 46.5. The van der Waals surface area contributed by atoms with E-state index in [0.29, 0.717) is 12.5 Å². The molecule has 1 amide bonds. The van der Waals surface area contributed by atoms with E-state index in [1.165, 1.54) is 30.9 Å². The van der Waals surface area contributed by atoms with Crippen LogP contribution in [-0.2, 0) is 31.9 Å². The Morgan fingerprint density at radius 1 is 0.922 bits per heavy atom. The van der Waals surface area contributed by atoms with Crippen LogP contribution in [0.25, 0.3) is 0 Å². The lowest BCUT2D eigenvalue weighted by molar-refractivity contribution is -0.247. The number of benzene rings is 4. The molecule has 4 aromatic carbocycles. The first-order valence-electron chi connectivity index (χ1n) is 21.8. The predicted octanol–water partition coefficient (Wildman–Crippen LogP) is 4.14. The monoisotopic (exact) mass is 879 g/mol. The molecular formula is C49H57N3O12. The Bertz CT molecular complexity index is 2340. The largest absolute Gasteiger partial charge is 0.507 e. The highest BCUT2D eigenvalue weighted by molar-refractivity contribution is 6.31. The summed E-state index contributed by atoms with van der Waals surface area (Å²) in [6.07, 6.45) is -1.36. The van der Waals surface area contributed by atoms with Crippen molar-refractivity contribution in [2.75, 3.05) is 38.3 Å². The molecule has 2 aliphatic heterocycles. The zero-order valence-electron chi connectivity index (χ0n) is 36.3. The number of ketones is 3. The number of nitrogens with zero attached hydrogens (tertiary/aromatic N) is 2. The number of hydrogen-bond acceptors (Lipinski definition) is 14. The van der Waals surface area contributed by atoms with E-state index in [2.05, 4.69) is 47.4 Å². The van der Waals surface area contributed by atoms with Gasteiger partial charge in [-0.1, -0.05) is 67.6 Å². The normalized spacial score (nSPS) is 24.4. The Labute approximate surface area is 372 Å². The fourth-order valence-electron chi connectivity index (χ4n) is 9.40. The lowest BCUT2D eigenvalue weighted by atomic mass is 9.72. The minimum absolute atomic E-state index is 0.0173. The second-order valence-electron chi connectivity index (χ2n) is 16.9. The molecule has 0 spiro atoms. The molecule has 0 unspecified atom stereocenters. The van der Waals surface area contributed by atoms with Crippen molar-refractivity contribution in [2.24, 2.45) is 5.73 Å². The molecule has 2 fully saturated rings. The van der Waals surface area contributed by atoms with E-state index >= 15 is 0 Å². The highest BCUT2D eigenvalue weighted by Gasteiger charge is 2.50. The van der Waals surface area contributed by atoms with E-state index in [9.17, 15) is 44.7 Å². The highest BCUT2D eigenvalue weighted by Crippen LogP contribution is 2.52. The maximum absolute atomic E-state index is 13.6. The summed E-state index contributed by atoms with van der Waals surface area (Å²) in [7, 11) is 1.32. The minimum Gasteiger partial charge on any atom is -0.507 e. The molecular weight excluding hydrogens is 823 g/mol. The number of phenols is 2. The lowest BCUT2D eigenvalue weighted by Crippen LogP contribution is -2.53. The van der Waals surface area contributed by atoms with Gasteiger partial charge in [-0.05, 0) is 49.9 Å². The van der Waals surface area contributed by atoms with Gasteiger partial charge in [-0.2, -0.15) is 0 Å². The summed E-state index contributed by atoms with van der Waals surface area (Å²) in [6.45, 7) is 5.75. The second kappa shape index (κ2) is 19.7. The molecule has 8 rings (SSSR count). The first-order chi connectivity index (χ1) is 30.7. The van der Waals surface area contributed by atoms with Crippen LogP contribution in [0.4, 0.5) is 5.69 Å². The van der Waals surface area contributed by atoms with Crippen LogP contribution in [0.2, 0.25) is 0 Å². The van der Waals surface area contributed by atoms with Gasteiger partial charge in [0.05, 0.1) is 42.1 Å². The second-order valence-corrected chi connectivity index (χ2v) is 16.9. The zero-order valence-corrected chi connectivity index (χ0v) is 36.3. The Morgan fingerprint density at radius 2 is 1.58 bits per heavy atom.